The number of hydrogen-bond acceptors (Lipinski definition) is 4. The van der Waals surface area contributed by atoms with Crippen molar-refractivity contribution in [1.82, 2.24) is 10.2 Å². The molecule has 2 amide bonds. The van der Waals surface area contributed by atoms with E-state index >= 15 is 0 Å². The summed E-state index contributed by atoms with van der Waals surface area (Å²) in [5.41, 5.74) is 1.03. The van der Waals surface area contributed by atoms with Gasteiger partial charge in [0, 0.05) is 12.6 Å². The second-order valence-corrected chi connectivity index (χ2v) is 12.0. The van der Waals surface area contributed by atoms with Crippen LogP contribution in [0.3, 0.4) is 0 Å². The molecule has 1 aliphatic rings. The van der Waals surface area contributed by atoms with E-state index in [-0.39, 0.29) is 34.1 Å². The maximum Gasteiger partial charge on any atom is 0.264 e. The summed E-state index contributed by atoms with van der Waals surface area (Å²) in [6, 6.07) is 23.2. The third kappa shape index (κ3) is 6.99. The molecule has 206 valence electrons. The Labute approximate surface area is 235 Å². The van der Waals surface area contributed by atoms with Crippen LogP contribution in [0.2, 0.25) is 5.02 Å². The van der Waals surface area contributed by atoms with Crippen molar-refractivity contribution in [1.29, 1.82) is 0 Å². The summed E-state index contributed by atoms with van der Waals surface area (Å²) in [7, 11) is -4.15. The molecule has 7 nitrogen and oxygen atoms in total. The lowest BCUT2D eigenvalue weighted by molar-refractivity contribution is -0.140. The van der Waals surface area contributed by atoms with Crippen LogP contribution < -0.4 is 9.62 Å². The van der Waals surface area contributed by atoms with Crippen LogP contribution in [-0.4, -0.2) is 43.8 Å². The number of carbonyl (C=O) groups excluding carboxylic acids is 2. The molecule has 1 saturated carbocycles. The molecule has 1 N–H and O–H groups in total. The Bertz CT molecular complexity index is 1360. The van der Waals surface area contributed by atoms with Crippen LogP contribution in [0.4, 0.5) is 5.69 Å². The van der Waals surface area contributed by atoms with Crippen molar-refractivity contribution in [2.24, 2.45) is 0 Å². The van der Waals surface area contributed by atoms with Gasteiger partial charge in [0.25, 0.3) is 10.0 Å². The van der Waals surface area contributed by atoms with Gasteiger partial charge in [-0.1, -0.05) is 92.0 Å². The second-order valence-electron chi connectivity index (χ2n) is 9.70. The molecule has 3 aromatic rings. The summed E-state index contributed by atoms with van der Waals surface area (Å²) in [6.07, 6.45) is 4.36. The van der Waals surface area contributed by atoms with Crippen LogP contribution in [0.1, 0.15) is 44.6 Å². The van der Waals surface area contributed by atoms with Gasteiger partial charge in [0.1, 0.15) is 12.6 Å². The Balaban J connectivity index is 1.70. The summed E-state index contributed by atoms with van der Waals surface area (Å²) < 4.78 is 28.7. The molecule has 0 aromatic heterocycles. The van der Waals surface area contributed by atoms with Crippen molar-refractivity contribution >= 4 is 39.1 Å². The number of amides is 2. The number of nitrogens with zero attached hydrogens (tertiary/aromatic N) is 2. The van der Waals surface area contributed by atoms with E-state index in [9.17, 15) is 18.0 Å². The van der Waals surface area contributed by atoms with Crippen LogP contribution in [0.15, 0.2) is 89.8 Å². The Morgan fingerprint density at radius 2 is 1.51 bits per heavy atom. The van der Waals surface area contributed by atoms with Gasteiger partial charge in [0.05, 0.1) is 15.6 Å². The first-order valence-corrected chi connectivity index (χ1v) is 15.1. The van der Waals surface area contributed by atoms with E-state index in [1.807, 2.05) is 37.3 Å². The van der Waals surface area contributed by atoms with Crippen LogP contribution in [-0.2, 0) is 26.2 Å². The SMILES string of the molecule is CC[C@@H](C(=O)NC1CCCC1)N(Cc1ccccc1)C(=O)CN(c1ccccc1Cl)S(=O)(=O)c1ccccc1. The van der Waals surface area contributed by atoms with Gasteiger partial charge in [0.2, 0.25) is 11.8 Å². The minimum Gasteiger partial charge on any atom is -0.352 e. The Morgan fingerprint density at radius 1 is 0.923 bits per heavy atom. The van der Waals surface area contributed by atoms with E-state index in [4.69, 9.17) is 11.6 Å². The number of sulfonamides is 1. The molecule has 1 aliphatic carbocycles. The number of anilines is 1. The van der Waals surface area contributed by atoms with E-state index in [1.54, 1.807) is 42.5 Å². The number of carbonyl (C=O) groups is 2. The maximum absolute atomic E-state index is 14.1. The van der Waals surface area contributed by atoms with Gasteiger partial charge in [-0.25, -0.2) is 8.42 Å². The van der Waals surface area contributed by atoms with E-state index in [0.717, 1.165) is 35.6 Å². The maximum atomic E-state index is 14.1. The number of rotatable bonds is 11. The minimum absolute atomic E-state index is 0.0401. The van der Waals surface area contributed by atoms with E-state index in [0.29, 0.717) is 6.42 Å². The fourth-order valence-corrected chi connectivity index (χ4v) is 6.70. The summed E-state index contributed by atoms with van der Waals surface area (Å²) in [5, 5.41) is 3.31. The Kier molecular flexibility index (Phi) is 9.64. The first-order chi connectivity index (χ1) is 18.8. The second kappa shape index (κ2) is 13.1. The van der Waals surface area contributed by atoms with Crippen molar-refractivity contribution in [3.8, 4) is 0 Å². The molecule has 0 radical (unpaired) electrons. The zero-order chi connectivity index (χ0) is 27.8. The fourth-order valence-electron chi connectivity index (χ4n) is 4.95. The quantitative estimate of drug-likeness (QED) is 0.336. The van der Waals surface area contributed by atoms with Crippen molar-refractivity contribution < 1.29 is 18.0 Å². The molecule has 0 heterocycles. The molecule has 0 unspecified atom stereocenters. The Morgan fingerprint density at radius 3 is 2.13 bits per heavy atom. The molecular formula is C30H34ClN3O4S. The van der Waals surface area contributed by atoms with E-state index in [2.05, 4.69) is 5.32 Å². The lowest BCUT2D eigenvalue weighted by Gasteiger charge is -2.34. The number of benzene rings is 3. The van der Waals surface area contributed by atoms with Gasteiger partial charge in [-0.3, -0.25) is 13.9 Å². The largest absolute Gasteiger partial charge is 0.352 e. The van der Waals surface area contributed by atoms with Crippen LogP contribution >= 0.6 is 11.6 Å². The zero-order valence-corrected chi connectivity index (χ0v) is 23.6. The molecule has 4 rings (SSSR count). The molecule has 1 atom stereocenters. The lowest BCUT2D eigenvalue weighted by atomic mass is 10.1. The molecular weight excluding hydrogens is 534 g/mol. The van der Waals surface area contributed by atoms with Crippen molar-refractivity contribution in [2.45, 2.75) is 62.6 Å². The first-order valence-electron chi connectivity index (χ1n) is 13.3. The molecule has 3 aromatic carbocycles. The number of halogens is 1. The molecule has 0 aliphatic heterocycles. The third-order valence-corrected chi connectivity index (χ3v) is 9.11. The molecule has 0 bridgehead atoms. The average Bonchev–Trinajstić information content (AvgIpc) is 3.46. The highest BCUT2D eigenvalue weighted by molar-refractivity contribution is 7.92. The van der Waals surface area contributed by atoms with Gasteiger partial charge in [-0.15, -0.1) is 0 Å². The van der Waals surface area contributed by atoms with Gasteiger partial charge >= 0.3 is 0 Å². The van der Waals surface area contributed by atoms with Crippen molar-refractivity contribution in [3.05, 3.63) is 95.5 Å². The third-order valence-electron chi connectivity index (χ3n) is 7.01. The molecule has 1 fully saturated rings. The van der Waals surface area contributed by atoms with Gasteiger partial charge in [0.15, 0.2) is 0 Å². The highest BCUT2D eigenvalue weighted by atomic mass is 35.5. The smallest absolute Gasteiger partial charge is 0.264 e. The molecule has 0 spiro atoms. The van der Waals surface area contributed by atoms with Gasteiger partial charge in [-0.2, -0.15) is 0 Å². The number of hydrogen-bond donors (Lipinski definition) is 1. The summed E-state index contributed by atoms with van der Waals surface area (Å²) in [5.74, 6) is -0.712. The lowest BCUT2D eigenvalue weighted by Crippen LogP contribution is -2.53. The summed E-state index contributed by atoms with van der Waals surface area (Å²) in [4.78, 5) is 29.0. The topological polar surface area (TPSA) is 86.8 Å². The molecule has 9 heteroatoms. The van der Waals surface area contributed by atoms with Crippen LogP contribution in [0, 0.1) is 0 Å². The minimum atomic E-state index is -4.15. The van der Waals surface area contributed by atoms with Gasteiger partial charge in [-0.05, 0) is 49.1 Å². The highest BCUT2D eigenvalue weighted by Crippen LogP contribution is 2.31. The van der Waals surface area contributed by atoms with Gasteiger partial charge < -0.3 is 10.2 Å². The van der Waals surface area contributed by atoms with Crippen LogP contribution in [0.5, 0.6) is 0 Å². The molecule has 39 heavy (non-hydrogen) atoms. The number of para-hydroxylation sites is 1. The summed E-state index contributed by atoms with van der Waals surface area (Å²) in [6.45, 7) is 1.51. The first kappa shape index (κ1) is 28.6. The Hall–Kier alpha value is -3.36. The van der Waals surface area contributed by atoms with Crippen molar-refractivity contribution in [2.75, 3.05) is 10.8 Å². The zero-order valence-electron chi connectivity index (χ0n) is 22.0. The standard InChI is InChI=1S/C30H34ClN3O4S/c1-2-27(30(36)32-24-15-9-10-16-24)33(21-23-13-5-3-6-14-23)29(35)22-34(28-20-12-11-19-26(28)31)39(37,38)25-17-7-4-8-18-25/h3-8,11-14,17-20,24,27H,2,9-10,15-16,21-22H2,1H3,(H,32,36)/t27-/m0/s1. The monoisotopic (exact) mass is 567 g/mol. The van der Waals surface area contributed by atoms with E-state index in [1.165, 1.54) is 17.0 Å². The van der Waals surface area contributed by atoms with Crippen molar-refractivity contribution in [3.63, 3.8) is 0 Å². The van der Waals surface area contributed by atoms with E-state index < -0.39 is 28.5 Å². The van der Waals surface area contributed by atoms with Crippen LogP contribution in [0.25, 0.3) is 0 Å². The predicted molar refractivity (Wildman–Crippen MR) is 154 cm³/mol. The average molecular weight is 568 g/mol. The number of nitrogens with one attached hydrogen (secondary N) is 1. The summed E-state index contributed by atoms with van der Waals surface area (Å²) >= 11 is 6.45. The normalized spacial score (nSPS) is 14.5. The fraction of sp³-hybridized carbons (Fsp3) is 0.333. The highest BCUT2D eigenvalue weighted by Gasteiger charge is 2.35. The molecule has 0 saturated heterocycles. The predicted octanol–water partition coefficient (Wildman–Crippen LogP) is 5.40.